The topological polar surface area (TPSA) is 80.3 Å². The molecule has 2 aromatic carbocycles. The average Bonchev–Trinajstić information content (AvgIpc) is 3.03. The highest BCUT2D eigenvalue weighted by molar-refractivity contribution is 7.18. The first-order chi connectivity index (χ1) is 12.1. The van der Waals surface area contributed by atoms with E-state index in [1.807, 2.05) is 24.3 Å². The number of fused-ring (bicyclic) bond motifs is 1. The third-order valence-electron chi connectivity index (χ3n) is 3.23. The maximum Gasteiger partial charge on any atom is 0.271 e. The molecule has 25 heavy (non-hydrogen) atoms. The fraction of sp³-hybridized carbons (Fsp3) is 0.118. The molecule has 1 heterocycles. The number of ether oxygens (including phenoxy) is 1. The standard InChI is InChI=1S/C17H14ClN3O3S/c18-12-6-2-1-5-11(12)17(23)21-20-15(22)9-24-10-16-19-13-7-3-4-8-14(13)25-16/h1-8H,9-10H2,(H,20,22)(H,21,23). The summed E-state index contributed by atoms with van der Waals surface area (Å²) in [4.78, 5) is 28.0. The lowest BCUT2D eigenvalue weighted by atomic mass is 10.2. The highest BCUT2D eigenvalue weighted by atomic mass is 35.5. The van der Waals surface area contributed by atoms with Crippen LogP contribution in [0.5, 0.6) is 0 Å². The van der Waals surface area contributed by atoms with Crippen LogP contribution in [-0.2, 0) is 16.1 Å². The molecule has 2 amide bonds. The van der Waals surface area contributed by atoms with Crippen LogP contribution >= 0.6 is 22.9 Å². The van der Waals surface area contributed by atoms with Crippen molar-refractivity contribution in [2.24, 2.45) is 0 Å². The second kappa shape index (κ2) is 8.06. The molecule has 0 aliphatic heterocycles. The van der Waals surface area contributed by atoms with Gasteiger partial charge in [0, 0.05) is 0 Å². The lowest BCUT2D eigenvalue weighted by Crippen LogP contribution is -2.43. The van der Waals surface area contributed by atoms with E-state index in [9.17, 15) is 9.59 Å². The Hall–Kier alpha value is -2.48. The van der Waals surface area contributed by atoms with Crippen molar-refractivity contribution in [3.63, 3.8) is 0 Å². The first-order valence-electron chi connectivity index (χ1n) is 7.39. The van der Waals surface area contributed by atoms with Gasteiger partial charge in [0.15, 0.2) is 0 Å². The Morgan fingerprint density at radius 1 is 1.08 bits per heavy atom. The summed E-state index contributed by atoms with van der Waals surface area (Å²) in [5.74, 6) is -0.966. The smallest absolute Gasteiger partial charge is 0.271 e. The summed E-state index contributed by atoms with van der Waals surface area (Å²) >= 11 is 7.43. The molecule has 0 bridgehead atoms. The number of halogens is 1. The van der Waals surface area contributed by atoms with Crippen LogP contribution in [-0.4, -0.2) is 23.4 Å². The first-order valence-corrected chi connectivity index (χ1v) is 8.59. The summed E-state index contributed by atoms with van der Waals surface area (Å²) in [7, 11) is 0. The zero-order valence-electron chi connectivity index (χ0n) is 13.0. The Labute approximate surface area is 152 Å². The second-order valence-corrected chi connectivity index (χ2v) is 6.57. The Kier molecular flexibility index (Phi) is 5.60. The lowest BCUT2D eigenvalue weighted by Gasteiger charge is -2.08. The van der Waals surface area contributed by atoms with Gasteiger partial charge in [-0.2, -0.15) is 0 Å². The van der Waals surface area contributed by atoms with E-state index in [1.165, 1.54) is 11.3 Å². The number of thiazole rings is 1. The van der Waals surface area contributed by atoms with E-state index in [2.05, 4.69) is 15.8 Å². The molecule has 0 aliphatic carbocycles. The van der Waals surface area contributed by atoms with Gasteiger partial charge in [-0.05, 0) is 24.3 Å². The number of hydrogen-bond donors (Lipinski definition) is 2. The van der Waals surface area contributed by atoms with Crippen LogP contribution in [0.2, 0.25) is 5.02 Å². The van der Waals surface area contributed by atoms with Gasteiger partial charge in [-0.15, -0.1) is 11.3 Å². The minimum atomic E-state index is -0.495. The summed E-state index contributed by atoms with van der Waals surface area (Å²) in [6.07, 6.45) is 0. The molecule has 1 aromatic heterocycles. The Morgan fingerprint density at radius 3 is 2.64 bits per heavy atom. The minimum absolute atomic E-state index is 0.196. The number of carbonyl (C=O) groups excluding carboxylic acids is 2. The van der Waals surface area contributed by atoms with Gasteiger partial charge in [-0.1, -0.05) is 35.9 Å². The number of hydrogen-bond acceptors (Lipinski definition) is 5. The van der Waals surface area contributed by atoms with Crippen molar-refractivity contribution in [1.82, 2.24) is 15.8 Å². The molecule has 0 fully saturated rings. The monoisotopic (exact) mass is 375 g/mol. The first kappa shape index (κ1) is 17.3. The van der Waals surface area contributed by atoms with Crippen molar-refractivity contribution in [3.05, 3.63) is 64.1 Å². The van der Waals surface area contributed by atoms with Gasteiger partial charge in [-0.3, -0.25) is 20.4 Å². The van der Waals surface area contributed by atoms with E-state index in [1.54, 1.807) is 24.3 Å². The molecular weight excluding hydrogens is 362 g/mol. The molecule has 0 unspecified atom stereocenters. The van der Waals surface area contributed by atoms with Gasteiger partial charge in [0.05, 0.1) is 27.4 Å². The number of carbonyl (C=O) groups is 2. The molecular formula is C17H14ClN3O3S. The number of rotatable bonds is 5. The van der Waals surface area contributed by atoms with Gasteiger partial charge in [0.2, 0.25) is 0 Å². The highest BCUT2D eigenvalue weighted by Crippen LogP contribution is 2.21. The summed E-state index contributed by atoms with van der Waals surface area (Å²) in [6.45, 7) is 0.0317. The number of nitrogens with zero attached hydrogens (tertiary/aromatic N) is 1. The van der Waals surface area contributed by atoms with Crippen molar-refractivity contribution in [3.8, 4) is 0 Å². The quantitative estimate of drug-likeness (QED) is 0.672. The molecule has 0 radical (unpaired) electrons. The van der Waals surface area contributed by atoms with Crippen LogP contribution < -0.4 is 10.9 Å². The molecule has 0 spiro atoms. The Bertz CT molecular complexity index is 880. The van der Waals surface area contributed by atoms with Crippen molar-refractivity contribution >= 4 is 45.0 Å². The molecule has 8 heteroatoms. The normalized spacial score (nSPS) is 10.6. The molecule has 0 saturated heterocycles. The number of para-hydroxylation sites is 1. The van der Waals surface area contributed by atoms with Crippen molar-refractivity contribution < 1.29 is 14.3 Å². The van der Waals surface area contributed by atoms with E-state index in [4.69, 9.17) is 16.3 Å². The second-order valence-electron chi connectivity index (χ2n) is 5.05. The fourth-order valence-electron chi connectivity index (χ4n) is 2.09. The third kappa shape index (κ3) is 4.54. The lowest BCUT2D eigenvalue weighted by molar-refractivity contribution is -0.126. The van der Waals surface area contributed by atoms with Gasteiger partial charge in [0.25, 0.3) is 11.8 Å². The summed E-state index contributed by atoms with van der Waals surface area (Å²) in [5.41, 5.74) is 5.76. The predicted molar refractivity (Wildman–Crippen MR) is 96.3 cm³/mol. The molecule has 0 aliphatic rings. The van der Waals surface area contributed by atoms with Crippen LogP contribution in [0, 0.1) is 0 Å². The van der Waals surface area contributed by atoms with E-state index in [0.717, 1.165) is 15.2 Å². The van der Waals surface area contributed by atoms with Gasteiger partial charge >= 0.3 is 0 Å². The summed E-state index contributed by atoms with van der Waals surface area (Å²) in [5, 5.41) is 1.09. The summed E-state index contributed by atoms with van der Waals surface area (Å²) in [6, 6.07) is 14.3. The maximum atomic E-state index is 11.9. The predicted octanol–water partition coefficient (Wildman–Crippen LogP) is 2.93. The average molecular weight is 376 g/mol. The number of hydrazine groups is 1. The molecule has 3 rings (SSSR count). The van der Waals surface area contributed by atoms with Crippen LogP contribution in [0.25, 0.3) is 10.2 Å². The molecule has 3 aromatic rings. The van der Waals surface area contributed by atoms with Crippen LogP contribution in [0.1, 0.15) is 15.4 Å². The van der Waals surface area contributed by atoms with Crippen LogP contribution in [0.4, 0.5) is 0 Å². The number of nitrogens with one attached hydrogen (secondary N) is 2. The zero-order chi connectivity index (χ0) is 17.6. The fourth-order valence-corrected chi connectivity index (χ4v) is 3.21. The highest BCUT2D eigenvalue weighted by Gasteiger charge is 2.11. The number of amides is 2. The maximum absolute atomic E-state index is 11.9. The van der Waals surface area contributed by atoms with Crippen molar-refractivity contribution in [2.75, 3.05) is 6.61 Å². The number of aromatic nitrogens is 1. The molecule has 2 N–H and O–H groups in total. The molecule has 0 atom stereocenters. The van der Waals surface area contributed by atoms with Gasteiger partial charge in [0.1, 0.15) is 11.6 Å². The van der Waals surface area contributed by atoms with Gasteiger partial charge in [-0.25, -0.2) is 4.98 Å². The largest absolute Gasteiger partial charge is 0.364 e. The Morgan fingerprint density at radius 2 is 1.84 bits per heavy atom. The minimum Gasteiger partial charge on any atom is -0.364 e. The van der Waals surface area contributed by atoms with Crippen LogP contribution in [0.3, 0.4) is 0 Å². The van der Waals surface area contributed by atoms with Crippen molar-refractivity contribution in [1.29, 1.82) is 0 Å². The SMILES string of the molecule is O=C(COCc1nc2ccccc2s1)NNC(=O)c1ccccc1Cl. The van der Waals surface area contributed by atoms with E-state index in [0.29, 0.717) is 5.02 Å². The third-order valence-corrected chi connectivity index (χ3v) is 4.57. The van der Waals surface area contributed by atoms with E-state index >= 15 is 0 Å². The summed E-state index contributed by atoms with van der Waals surface area (Å²) < 4.78 is 6.40. The zero-order valence-corrected chi connectivity index (χ0v) is 14.6. The van der Waals surface area contributed by atoms with Crippen LogP contribution in [0.15, 0.2) is 48.5 Å². The number of benzene rings is 2. The van der Waals surface area contributed by atoms with Gasteiger partial charge < -0.3 is 4.74 Å². The molecule has 128 valence electrons. The van der Waals surface area contributed by atoms with E-state index < -0.39 is 11.8 Å². The van der Waals surface area contributed by atoms with E-state index in [-0.39, 0.29) is 18.8 Å². The van der Waals surface area contributed by atoms with Crippen molar-refractivity contribution in [2.45, 2.75) is 6.61 Å². The Balaban J connectivity index is 1.43. The molecule has 0 saturated carbocycles. The molecule has 6 nitrogen and oxygen atoms in total.